The van der Waals surface area contributed by atoms with Gasteiger partial charge in [-0.2, -0.15) is 0 Å². The van der Waals surface area contributed by atoms with Crippen LogP contribution in [0.1, 0.15) is 53.4 Å². The quantitative estimate of drug-likeness (QED) is 0.263. The van der Waals surface area contributed by atoms with E-state index in [1.807, 2.05) is 27.7 Å². The highest BCUT2D eigenvalue weighted by molar-refractivity contribution is 14.0. The van der Waals surface area contributed by atoms with Crippen molar-refractivity contribution in [2.45, 2.75) is 71.2 Å². The maximum absolute atomic E-state index is 11.9. The van der Waals surface area contributed by atoms with E-state index >= 15 is 0 Å². The van der Waals surface area contributed by atoms with Gasteiger partial charge < -0.3 is 24.4 Å². The zero-order chi connectivity index (χ0) is 19.0. The second-order valence-electron chi connectivity index (χ2n) is 7.91. The van der Waals surface area contributed by atoms with Gasteiger partial charge in [0.2, 0.25) is 0 Å². The summed E-state index contributed by atoms with van der Waals surface area (Å²) in [6, 6.07) is 0. The molecule has 1 atom stereocenters. The van der Waals surface area contributed by atoms with Crippen LogP contribution in [0.2, 0.25) is 0 Å². The Balaban J connectivity index is 0.00000364. The third kappa shape index (κ3) is 9.43. The van der Waals surface area contributed by atoms with Gasteiger partial charge in [0.25, 0.3) is 0 Å². The summed E-state index contributed by atoms with van der Waals surface area (Å²) in [5.74, 6) is 0.471. The predicted octanol–water partition coefficient (Wildman–Crippen LogP) is 2.57. The lowest BCUT2D eigenvalue weighted by molar-refractivity contribution is -0.152. The van der Waals surface area contributed by atoms with E-state index in [9.17, 15) is 4.79 Å². The van der Waals surface area contributed by atoms with Crippen LogP contribution in [0.25, 0.3) is 0 Å². The number of hydrogen-bond acceptors (Lipinski definition) is 5. The fourth-order valence-corrected chi connectivity index (χ4v) is 3.19. The summed E-state index contributed by atoms with van der Waals surface area (Å²) in [5, 5.41) is 3.27. The second kappa shape index (κ2) is 12.1. The summed E-state index contributed by atoms with van der Waals surface area (Å²) < 4.78 is 17.0. The summed E-state index contributed by atoms with van der Waals surface area (Å²) in [6.45, 7) is 11.7. The number of nitrogens with one attached hydrogen (secondary N) is 1. The number of esters is 1. The van der Waals surface area contributed by atoms with Crippen LogP contribution < -0.4 is 5.32 Å². The zero-order valence-electron chi connectivity index (χ0n) is 17.2. The summed E-state index contributed by atoms with van der Waals surface area (Å²) in [5.41, 5.74) is -0.482. The molecule has 0 bridgehead atoms. The molecule has 0 aromatic carbocycles. The minimum Gasteiger partial charge on any atom is -0.459 e. The molecule has 0 aromatic heterocycles. The largest absolute Gasteiger partial charge is 0.459 e. The molecule has 27 heavy (non-hydrogen) atoms. The Morgan fingerprint density at radius 3 is 2.52 bits per heavy atom. The van der Waals surface area contributed by atoms with Gasteiger partial charge >= 0.3 is 5.97 Å². The molecule has 1 unspecified atom stereocenters. The van der Waals surface area contributed by atoms with Gasteiger partial charge in [0.1, 0.15) is 12.1 Å². The minimum absolute atomic E-state index is 0. The van der Waals surface area contributed by atoms with Crippen molar-refractivity contribution in [3.63, 3.8) is 0 Å². The van der Waals surface area contributed by atoms with Crippen LogP contribution in [-0.4, -0.2) is 74.0 Å². The summed E-state index contributed by atoms with van der Waals surface area (Å²) in [7, 11) is 0. The van der Waals surface area contributed by atoms with E-state index in [-0.39, 0.29) is 48.7 Å². The number of likely N-dealkylation sites (tertiary alicyclic amines) is 1. The van der Waals surface area contributed by atoms with Gasteiger partial charge in [0.05, 0.1) is 18.8 Å². The molecule has 2 heterocycles. The standard InChI is InChI=1S/C19H35N3O4.HI/c1-5-20-18(21-13-17(23)26-19(2,3)4)22-10-8-15(9-11-22)25-14-16-7-6-12-24-16;/h15-16H,5-14H2,1-4H3,(H,20,21);1H. The highest BCUT2D eigenvalue weighted by Crippen LogP contribution is 2.18. The average Bonchev–Trinajstić information content (AvgIpc) is 3.09. The molecule has 158 valence electrons. The lowest BCUT2D eigenvalue weighted by Crippen LogP contribution is -2.47. The number of nitrogens with zero attached hydrogens (tertiary/aromatic N) is 2. The number of piperidine rings is 1. The molecule has 2 aliphatic heterocycles. The number of carbonyl (C=O) groups excluding carboxylic acids is 1. The molecular weight excluding hydrogens is 461 g/mol. The van der Waals surface area contributed by atoms with Gasteiger partial charge in [-0.15, -0.1) is 24.0 Å². The van der Waals surface area contributed by atoms with Crippen LogP contribution in [0.3, 0.4) is 0 Å². The van der Waals surface area contributed by atoms with Crippen molar-refractivity contribution in [2.24, 2.45) is 4.99 Å². The van der Waals surface area contributed by atoms with Crippen LogP contribution in [-0.2, 0) is 19.0 Å². The highest BCUT2D eigenvalue weighted by Gasteiger charge is 2.24. The van der Waals surface area contributed by atoms with E-state index in [1.54, 1.807) is 0 Å². The third-order valence-electron chi connectivity index (χ3n) is 4.40. The molecule has 2 saturated heterocycles. The molecule has 2 fully saturated rings. The molecule has 2 rings (SSSR count). The van der Waals surface area contributed by atoms with Crippen molar-refractivity contribution >= 4 is 35.9 Å². The van der Waals surface area contributed by atoms with Gasteiger partial charge in [-0.05, 0) is 53.4 Å². The molecule has 8 heteroatoms. The maximum atomic E-state index is 11.9. The average molecular weight is 497 g/mol. The normalized spacial score (nSPS) is 21.7. The molecular formula is C19H36IN3O4. The number of hydrogen-bond donors (Lipinski definition) is 1. The van der Waals surface area contributed by atoms with Gasteiger partial charge in [-0.3, -0.25) is 4.79 Å². The van der Waals surface area contributed by atoms with E-state index in [2.05, 4.69) is 15.2 Å². The molecule has 0 spiro atoms. The Bertz CT molecular complexity index is 468. The molecule has 0 aliphatic carbocycles. The van der Waals surface area contributed by atoms with Crippen molar-refractivity contribution in [2.75, 3.05) is 39.4 Å². The molecule has 2 aliphatic rings. The Labute approximate surface area is 180 Å². The first-order valence-corrected chi connectivity index (χ1v) is 9.85. The summed E-state index contributed by atoms with van der Waals surface area (Å²) >= 11 is 0. The SMILES string of the molecule is CCNC(=NCC(=O)OC(C)(C)C)N1CCC(OCC2CCCO2)CC1.I. The van der Waals surface area contributed by atoms with Gasteiger partial charge in [-0.25, -0.2) is 4.99 Å². The molecule has 7 nitrogen and oxygen atoms in total. The van der Waals surface area contributed by atoms with E-state index in [0.717, 1.165) is 57.9 Å². The number of ether oxygens (including phenoxy) is 3. The van der Waals surface area contributed by atoms with Crippen LogP contribution in [0.5, 0.6) is 0 Å². The first kappa shape index (κ1) is 24.4. The smallest absolute Gasteiger partial charge is 0.328 e. The number of aliphatic imine (C=N–C) groups is 1. The van der Waals surface area contributed by atoms with Crippen molar-refractivity contribution in [1.29, 1.82) is 0 Å². The first-order valence-electron chi connectivity index (χ1n) is 9.85. The number of halogens is 1. The lowest BCUT2D eigenvalue weighted by atomic mass is 10.1. The van der Waals surface area contributed by atoms with Crippen molar-refractivity contribution < 1.29 is 19.0 Å². The zero-order valence-corrected chi connectivity index (χ0v) is 19.5. The van der Waals surface area contributed by atoms with Crippen molar-refractivity contribution in [3.8, 4) is 0 Å². The van der Waals surface area contributed by atoms with E-state index in [4.69, 9.17) is 14.2 Å². The second-order valence-corrected chi connectivity index (χ2v) is 7.91. The Kier molecular flexibility index (Phi) is 10.9. The number of guanidine groups is 1. The molecule has 0 saturated carbocycles. The maximum Gasteiger partial charge on any atom is 0.328 e. The summed E-state index contributed by atoms with van der Waals surface area (Å²) in [6.07, 6.45) is 4.74. The minimum atomic E-state index is -0.482. The van der Waals surface area contributed by atoms with E-state index in [0.29, 0.717) is 6.61 Å². The predicted molar refractivity (Wildman–Crippen MR) is 117 cm³/mol. The van der Waals surface area contributed by atoms with Gasteiger partial charge in [0, 0.05) is 26.2 Å². The number of rotatable bonds is 6. The Hall–Kier alpha value is -0.610. The highest BCUT2D eigenvalue weighted by atomic mass is 127. The van der Waals surface area contributed by atoms with E-state index < -0.39 is 5.60 Å². The number of carbonyl (C=O) groups is 1. The monoisotopic (exact) mass is 497 g/mol. The molecule has 0 aromatic rings. The van der Waals surface area contributed by atoms with Crippen LogP contribution in [0.4, 0.5) is 0 Å². The van der Waals surface area contributed by atoms with Gasteiger partial charge in [0.15, 0.2) is 5.96 Å². The first-order chi connectivity index (χ1) is 12.4. The van der Waals surface area contributed by atoms with Crippen molar-refractivity contribution in [1.82, 2.24) is 10.2 Å². The fraction of sp³-hybridized carbons (Fsp3) is 0.895. The van der Waals surface area contributed by atoms with Crippen molar-refractivity contribution in [3.05, 3.63) is 0 Å². The molecule has 1 N–H and O–H groups in total. The molecule has 0 amide bonds. The van der Waals surface area contributed by atoms with Crippen LogP contribution in [0, 0.1) is 0 Å². The van der Waals surface area contributed by atoms with E-state index in [1.165, 1.54) is 0 Å². The fourth-order valence-electron chi connectivity index (χ4n) is 3.19. The van der Waals surface area contributed by atoms with Gasteiger partial charge in [-0.1, -0.05) is 0 Å². The molecule has 0 radical (unpaired) electrons. The van der Waals surface area contributed by atoms with Crippen LogP contribution in [0.15, 0.2) is 4.99 Å². The topological polar surface area (TPSA) is 72.4 Å². The lowest BCUT2D eigenvalue weighted by Gasteiger charge is -2.34. The Morgan fingerprint density at radius 2 is 1.96 bits per heavy atom. The summed E-state index contributed by atoms with van der Waals surface area (Å²) in [4.78, 5) is 18.6. The van der Waals surface area contributed by atoms with Crippen LogP contribution >= 0.6 is 24.0 Å². The Morgan fingerprint density at radius 1 is 1.26 bits per heavy atom. The third-order valence-corrected chi connectivity index (χ3v) is 4.40.